The molecule has 6 nitrogen and oxygen atoms in total. The zero-order chi connectivity index (χ0) is 20.8. The highest BCUT2D eigenvalue weighted by Gasteiger charge is 2.29. The van der Waals surface area contributed by atoms with Crippen molar-refractivity contribution in [3.05, 3.63) is 76.7 Å². The monoisotopic (exact) mass is 423 g/mol. The van der Waals surface area contributed by atoms with Crippen LogP contribution in [0, 0.1) is 0 Å². The molecule has 0 spiro atoms. The number of nitrogens with zero attached hydrogens (tertiary/aromatic N) is 2. The SMILES string of the molecule is COc1ccc(N2CC[NH+](C(CNC(=O)c3cccs3)c3cccnc3)CC2)cc1. The van der Waals surface area contributed by atoms with Gasteiger partial charge in [-0.2, -0.15) is 0 Å². The summed E-state index contributed by atoms with van der Waals surface area (Å²) in [6.07, 6.45) is 3.71. The van der Waals surface area contributed by atoms with Crippen molar-refractivity contribution in [2.24, 2.45) is 0 Å². The van der Waals surface area contributed by atoms with Crippen LogP contribution in [-0.2, 0) is 0 Å². The number of rotatable bonds is 7. The molecule has 0 radical (unpaired) electrons. The third kappa shape index (κ3) is 4.80. The number of quaternary nitrogens is 1. The molecule has 1 atom stereocenters. The average molecular weight is 424 g/mol. The van der Waals surface area contributed by atoms with E-state index in [-0.39, 0.29) is 11.9 Å². The fraction of sp³-hybridized carbons (Fsp3) is 0.304. The molecular weight excluding hydrogens is 396 g/mol. The molecule has 1 aromatic carbocycles. The van der Waals surface area contributed by atoms with Gasteiger partial charge >= 0.3 is 0 Å². The third-order valence-electron chi connectivity index (χ3n) is 5.63. The Bertz CT molecular complexity index is 924. The summed E-state index contributed by atoms with van der Waals surface area (Å²) >= 11 is 1.47. The number of carbonyl (C=O) groups is 1. The van der Waals surface area contributed by atoms with Gasteiger partial charge in [0, 0.05) is 23.6 Å². The van der Waals surface area contributed by atoms with Crippen molar-refractivity contribution < 1.29 is 14.4 Å². The van der Waals surface area contributed by atoms with Gasteiger partial charge in [-0.05, 0) is 47.8 Å². The predicted molar refractivity (Wildman–Crippen MR) is 120 cm³/mol. The van der Waals surface area contributed by atoms with E-state index in [4.69, 9.17) is 4.74 Å². The lowest BCUT2D eigenvalue weighted by atomic mass is 10.1. The van der Waals surface area contributed by atoms with Gasteiger partial charge in [-0.15, -0.1) is 11.3 Å². The molecule has 7 heteroatoms. The van der Waals surface area contributed by atoms with Crippen molar-refractivity contribution in [2.45, 2.75) is 6.04 Å². The van der Waals surface area contributed by atoms with Crippen molar-refractivity contribution in [1.29, 1.82) is 0 Å². The molecule has 2 N–H and O–H groups in total. The summed E-state index contributed by atoms with van der Waals surface area (Å²) in [6, 6.07) is 16.3. The Labute approximate surface area is 181 Å². The van der Waals surface area contributed by atoms with E-state index in [2.05, 4.69) is 33.4 Å². The smallest absolute Gasteiger partial charge is 0.261 e. The number of ether oxygens (including phenoxy) is 1. The van der Waals surface area contributed by atoms with Crippen molar-refractivity contribution in [2.75, 3.05) is 44.7 Å². The molecule has 1 amide bonds. The van der Waals surface area contributed by atoms with E-state index in [9.17, 15) is 4.79 Å². The first-order chi connectivity index (χ1) is 14.7. The summed E-state index contributed by atoms with van der Waals surface area (Å²) in [5.41, 5.74) is 2.38. The summed E-state index contributed by atoms with van der Waals surface area (Å²) < 4.78 is 5.26. The fourth-order valence-electron chi connectivity index (χ4n) is 3.96. The number of thiophene rings is 1. The lowest BCUT2D eigenvalue weighted by molar-refractivity contribution is -0.931. The third-order valence-corrected chi connectivity index (χ3v) is 6.50. The quantitative estimate of drug-likeness (QED) is 0.611. The van der Waals surface area contributed by atoms with Crippen LogP contribution < -0.4 is 19.9 Å². The number of piperazine rings is 1. The minimum atomic E-state index is -0.00448. The number of methoxy groups -OCH3 is 1. The normalized spacial score (nSPS) is 15.6. The van der Waals surface area contributed by atoms with Crippen LogP contribution in [0.5, 0.6) is 5.75 Å². The molecule has 1 fully saturated rings. The van der Waals surface area contributed by atoms with Crippen LogP contribution in [0.2, 0.25) is 0 Å². The van der Waals surface area contributed by atoms with Crippen molar-refractivity contribution in [3.8, 4) is 5.75 Å². The van der Waals surface area contributed by atoms with Gasteiger partial charge in [-0.3, -0.25) is 9.78 Å². The van der Waals surface area contributed by atoms with Crippen molar-refractivity contribution >= 4 is 22.9 Å². The Kier molecular flexibility index (Phi) is 6.61. The lowest BCUT2D eigenvalue weighted by Crippen LogP contribution is -3.15. The van der Waals surface area contributed by atoms with Crippen LogP contribution in [0.4, 0.5) is 5.69 Å². The summed E-state index contributed by atoms with van der Waals surface area (Å²) in [6.45, 7) is 4.54. The Morgan fingerprint density at radius 2 is 2.00 bits per heavy atom. The average Bonchev–Trinajstić information content (AvgIpc) is 3.36. The molecule has 1 aliphatic heterocycles. The van der Waals surface area contributed by atoms with Gasteiger partial charge in [0.05, 0.1) is 44.7 Å². The Morgan fingerprint density at radius 1 is 1.20 bits per heavy atom. The maximum Gasteiger partial charge on any atom is 0.261 e. The highest BCUT2D eigenvalue weighted by Crippen LogP contribution is 2.19. The number of aromatic nitrogens is 1. The molecule has 0 aliphatic carbocycles. The van der Waals surface area contributed by atoms with Gasteiger partial charge in [0.15, 0.2) is 0 Å². The number of pyridine rings is 1. The predicted octanol–water partition coefficient (Wildman–Crippen LogP) is 2.03. The zero-order valence-electron chi connectivity index (χ0n) is 17.1. The van der Waals surface area contributed by atoms with Gasteiger partial charge in [-0.25, -0.2) is 0 Å². The first kappa shape index (κ1) is 20.4. The number of benzene rings is 1. The fourth-order valence-corrected chi connectivity index (χ4v) is 4.60. The largest absolute Gasteiger partial charge is 0.497 e. The van der Waals surface area contributed by atoms with E-state index < -0.39 is 0 Å². The number of hydrogen-bond donors (Lipinski definition) is 2. The molecule has 1 saturated heterocycles. The standard InChI is InChI=1S/C23H26N4O2S/c1-29-20-8-6-19(7-9-20)26-11-13-27(14-12-26)21(18-4-2-10-24-16-18)17-25-23(28)22-5-3-15-30-22/h2-10,15-16,21H,11-14,17H2,1H3,(H,25,28)/p+1. The van der Waals surface area contributed by atoms with Gasteiger partial charge in [0.1, 0.15) is 11.8 Å². The summed E-state index contributed by atoms with van der Waals surface area (Å²) in [7, 11) is 1.69. The van der Waals surface area contributed by atoms with Crippen LogP contribution in [0.3, 0.4) is 0 Å². The first-order valence-corrected chi connectivity index (χ1v) is 11.1. The molecule has 1 unspecified atom stereocenters. The maximum absolute atomic E-state index is 12.5. The van der Waals surface area contributed by atoms with Gasteiger partial charge < -0.3 is 19.9 Å². The van der Waals surface area contributed by atoms with Crippen LogP contribution in [0.15, 0.2) is 66.3 Å². The van der Waals surface area contributed by atoms with Crippen LogP contribution in [0.1, 0.15) is 21.3 Å². The van der Waals surface area contributed by atoms with Gasteiger partial charge in [0.25, 0.3) is 5.91 Å². The molecule has 156 valence electrons. The van der Waals surface area contributed by atoms with E-state index in [0.29, 0.717) is 6.54 Å². The number of nitrogens with one attached hydrogen (secondary N) is 2. The first-order valence-electron chi connectivity index (χ1n) is 10.2. The van der Waals surface area contributed by atoms with Crippen LogP contribution in [0.25, 0.3) is 0 Å². The lowest BCUT2D eigenvalue weighted by Gasteiger charge is -2.37. The Hall–Kier alpha value is -2.90. The molecule has 2 aromatic heterocycles. The van der Waals surface area contributed by atoms with E-state index in [0.717, 1.165) is 42.4 Å². The highest BCUT2D eigenvalue weighted by atomic mass is 32.1. The Morgan fingerprint density at radius 3 is 2.63 bits per heavy atom. The van der Waals surface area contributed by atoms with Crippen LogP contribution in [-0.4, -0.2) is 50.7 Å². The molecule has 3 aromatic rings. The minimum Gasteiger partial charge on any atom is -0.497 e. The number of amides is 1. The van der Waals surface area contributed by atoms with E-state index in [1.807, 2.05) is 41.9 Å². The highest BCUT2D eigenvalue weighted by molar-refractivity contribution is 7.12. The van der Waals surface area contributed by atoms with E-state index in [1.54, 1.807) is 13.3 Å². The molecule has 4 rings (SSSR count). The molecule has 30 heavy (non-hydrogen) atoms. The number of carbonyl (C=O) groups excluding carboxylic acids is 1. The number of anilines is 1. The van der Waals surface area contributed by atoms with E-state index in [1.165, 1.54) is 21.9 Å². The molecule has 1 aliphatic rings. The molecule has 0 bridgehead atoms. The molecular formula is C23H27N4O2S+. The topological polar surface area (TPSA) is 58.9 Å². The second-order valence-corrected chi connectivity index (χ2v) is 8.32. The summed E-state index contributed by atoms with van der Waals surface area (Å²) in [5, 5.41) is 5.06. The molecule has 3 heterocycles. The van der Waals surface area contributed by atoms with Crippen molar-refractivity contribution in [3.63, 3.8) is 0 Å². The second-order valence-electron chi connectivity index (χ2n) is 7.37. The number of hydrogen-bond acceptors (Lipinski definition) is 5. The maximum atomic E-state index is 12.5. The zero-order valence-corrected chi connectivity index (χ0v) is 17.9. The van der Waals surface area contributed by atoms with Crippen molar-refractivity contribution in [1.82, 2.24) is 10.3 Å². The van der Waals surface area contributed by atoms with Gasteiger partial charge in [0.2, 0.25) is 0 Å². The summed E-state index contributed by atoms with van der Waals surface area (Å²) in [5.74, 6) is 0.872. The molecule has 0 saturated carbocycles. The van der Waals surface area contributed by atoms with E-state index >= 15 is 0 Å². The van der Waals surface area contributed by atoms with Gasteiger partial charge in [-0.1, -0.05) is 6.07 Å². The summed E-state index contributed by atoms with van der Waals surface area (Å²) in [4.78, 5) is 21.4. The Balaban J connectivity index is 1.41. The van der Waals surface area contributed by atoms with Crippen LogP contribution >= 0.6 is 11.3 Å². The minimum absolute atomic E-state index is 0.00448. The second kappa shape index (κ2) is 9.73.